The van der Waals surface area contributed by atoms with E-state index in [2.05, 4.69) is 10.3 Å². The minimum atomic E-state index is -4.51. The smallest absolute Gasteiger partial charge is 0.319 e. The largest absolute Gasteiger partial charge is 0.417 e. The van der Waals surface area contributed by atoms with Gasteiger partial charge in [0.1, 0.15) is 0 Å². The van der Waals surface area contributed by atoms with Crippen molar-refractivity contribution in [3.05, 3.63) is 48.2 Å². The summed E-state index contributed by atoms with van der Waals surface area (Å²) in [5.74, 6) is 0. The molecule has 0 saturated carbocycles. The Balaban J connectivity index is 1.91. The van der Waals surface area contributed by atoms with Crippen molar-refractivity contribution in [2.45, 2.75) is 44.9 Å². The Kier molecular flexibility index (Phi) is 4.89. The molecule has 1 aliphatic rings. The molecule has 2 unspecified atom stereocenters. The molecule has 1 aromatic heterocycles. The van der Waals surface area contributed by atoms with Crippen molar-refractivity contribution in [1.29, 1.82) is 0 Å². The highest BCUT2D eigenvalue weighted by Gasteiger charge is 2.38. The van der Waals surface area contributed by atoms with Gasteiger partial charge in [0.2, 0.25) is 0 Å². The van der Waals surface area contributed by atoms with E-state index >= 15 is 0 Å². The van der Waals surface area contributed by atoms with Crippen LogP contribution in [-0.4, -0.2) is 28.0 Å². The molecule has 0 aliphatic carbocycles. The summed E-state index contributed by atoms with van der Waals surface area (Å²) >= 11 is 0. The van der Waals surface area contributed by atoms with Gasteiger partial charge in [-0.1, -0.05) is 13.0 Å². The van der Waals surface area contributed by atoms with Crippen molar-refractivity contribution in [3.8, 4) is 11.3 Å². The third-order valence-corrected chi connectivity index (χ3v) is 4.70. The molecule has 26 heavy (non-hydrogen) atoms. The van der Waals surface area contributed by atoms with E-state index in [0.717, 1.165) is 18.9 Å². The highest BCUT2D eigenvalue weighted by Crippen LogP contribution is 2.38. The first-order valence-electron chi connectivity index (χ1n) is 8.53. The van der Waals surface area contributed by atoms with E-state index in [9.17, 15) is 18.0 Å². The number of benzene rings is 1. The lowest BCUT2D eigenvalue weighted by Crippen LogP contribution is -2.58. The highest BCUT2D eigenvalue weighted by atomic mass is 19.4. The summed E-state index contributed by atoms with van der Waals surface area (Å²) in [6.45, 7) is 3.96. The van der Waals surface area contributed by atoms with Crippen molar-refractivity contribution in [1.82, 2.24) is 9.88 Å². The van der Waals surface area contributed by atoms with E-state index in [1.807, 2.05) is 13.8 Å². The number of carbonyl (C=O) groups is 1. The number of aromatic nitrogens is 1. The number of hydrogen-bond donors (Lipinski definition) is 1. The van der Waals surface area contributed by atoms with Gasteiger partial charge in [0.25, 0.3) is 0 Å². The maximum Gasteiger partial charge on any atom is 0.417 e. The highest BCUT2D eigenvalue weighted by molar-refractivity contribution is 5.91. The summed E-state index contributed by atoms with van der Waals surface area (Å²) in [5.41, 5.74) is -0.310. The van der Waals surface area contributed by atoms with E-state index in [1.54, 1.807) is 17.0 Å². The number of amides is 2. The predicted molar refractivity (Wildman–Crippen MR) is 93.7 cm³/mol. The molecule has 3 rings (SSSR count). The second kappa shape index (κ2) is 6.97. The lowest BCUT2D eigenvalue weighted by molar-refractivity contribution is -0.137. The Morgan fingerprint density at radius 2 is 2.08 bits per heavy atom. The molecule has 1 N–H and O–H groups in total. The van der Waals surface area contributed by atoms with Crippen LogP contribution in [0.3, 0.4) is 0 Å². The third kappa shape index (κ3) is 3.52. The molecule has 1 fully saturated rings. The molecular formula is C19H20F3N3O. The number of pyridine rings is 1. The first-order valence-corrected chi connectivity index (χ1v) is 8.53. The molecule has 0 bridgehead atoms. The Bertz CT molecular complexity index is 792. The van der Waals surface area contributed by atoms with E-state index in [0.29, 0.717) is 5.69 Å². The quantitative estimate of drug-likeness (QED) is 0.817. The van der Waals surface area contributed by atoms with Gasteiger partial charge < -0.3 is 10.2 Å². The maximum absolute atomic E-state index is 13.3. The van der Waals surface area contributed by atoms with Gasteiger partial charge in [0.05, 0.1) is 11.3 Å². The summed E-state index contributed by atoms with van der Waals surface area (Å²) in [7, 11) is 0. The standard InChI is InChI=1S/C19H20F3N3O/c1-3-14-10-12(2)25(14)18(26)24-13-7-8-16(19(20,21)22)15(11-13)17-6-4-5-9-23-17/h4-9,11-12,14H,3,10H2,1-2H3,(H,24,26). The van der Waals surface area contributed by atoms with Gasteiger partial charge in [-0.2, -0.15) is 13.2 Å². The van der Waals surface area contributed by atoms with E-state index < -0.39 is 11.7 Å². The average Bonchev–Trinajstić information content (AvgIpc) is 2.59. The van der Waals surface area contributed by atoms with Crippen LogP contribution >= 0.6 is 0 Å². The van der Waals surface area contributed by atoms with Crippen LogP contribution in [0, 0.1) is 0 Å². The van der Waals surface area contributed by atoms with Gasteiger partial charge in [-0.25, -0.2) is 4.79 Å². The molecule has 2 aromatic rings. The number of rotatable bonds is 3. The second-order valence-corrected chi connectivity index (χ2v) is 6.46. The van der Waals surface area contributed by atoms with Crippen LogP contribution in [0.15, 0.2) is 42.6 Å². The number of halogens is 3. The molecule has 2 atom stereocenters. The Labute approximate surface area is 150 Å². The lowest BCUT2D eigenvalue weighted by atomic mass is 9.93. The average molecular weight is 363 g/mol. The number of likely N-dealkylation sites (tertiary alicyclic amines) is 1. The molecule has 7 heteroatoms. The fourth-order valence-electron chi connectivity index (χ4n) is 3.36. The monoisotopic (exact) mass is 363 g/mol. The number of hydrogen-bond acceptors (Lipinski definition) is 2. The minimum Gasteiger partial charge on any atom is -0.319 e. The normalized spacial score (nSPS) is 19.8. The van der Waals surface area contributed by atoms with Gasteiger partial charge in [0, 0.05) is 29.5 Å². The van der Waals surface area contributed by atoms with Crippen LogP contribution in [0.1, 0.15) is 32.3 Å². The molecule has 1 aromatic carbocycles. The molecule has 1 aliphatic heterocycles. The number of nitrogens with one attached hydrogen (secondary N) is 1. The van der Waals surface area contributed by atoms with Crippen molar-refractivity contribution in [3.63, 3.8) is 0 Å². The fourth-order valence-corrected chi connectivity index (χ4v) is 3.36. The zero-order valence-corrected chi connectivity index (χ0v) is 14.5. The predicted octanol–water partition coefficient (Wildman–Crippen LogP) is 5.17. The summed E-state index contributed by atoms with van der Waals surface area (Å²) < 4.78 is 40.0. The van der Waals surface area contributed by atoms with Gasteiger partial charge >= 0.3 is 12.2 Å². The van der Waals surface area contributed by atoms with Crippen molar-refractivity contribution in [2.75, 3.05) is 5.32 Å². The number of alkyl halides is 3. The second-order valence-electron chi connectivity index (χ2n) is 6.46. The lowest BCUT2D eigenvalue weighted by Gasteiger charge is -2.46. The maximum atomic E-state index is 13.3. The zero-order chi connectivity index (χ0) is 18.9. The summed E-state index contributed by atoms with van der Waals surface area (Å²) in [6, 6.07) is 8.38. The summed E-state index contributed by atoms with van der Waals surface area (Å²) in [5, 5.41) is 2.72. The van der Waals surface area contributed by atoms with Crippen molar-refractivity contribution in [2.24, 2.45) is 0 Å². The van der Waals surface area contributed by atoms with Crippen LogP contribution in [0.5, 0.6) is 0 Å². The molecule has 2 amide bonds. The van der Waals surface area contributed by atoms with Crippen molar-refractivity contribution < 1.29 is 18.0 Å². The number of nitrogens with zero attached hydrogens (tertiary/aromatic N) is 2. The van der Waals surface area contributed by atoms with E-state index in [1.165, 1.54) is 24.4 Å². The summed E-state index contributed by atoms with van der Waals surface area (Å²) in [6.07, 6.45) is -1.27. The number of anilines is 1. The topological polar surface area (TPSA) is 45.2 Å². The van der Waals surface area contributed by atoms with Crippen LogP contribution < -0.4 is 5.32 Å². The number of carbonyl (C=O) groups excluding carboxylic acids is 1. The molecular weight excluding hydrogens is 343 g/mol. The molecule has 0 radical (unpaired) electrons. The summed E-state index contributed by atoms with van der Waals surface area (Å²) in [4.78, 5) is 18.2. The van der Waals surface area contributed by atoms with Gasteiger partial charge in [-0.3, -0.25) is 4.98 Å². The molecule has 1 saturated heterocycles. The Morgan fingerprint density at radius 3 is 2.65 bits per heavy atom. The van der Waals surface area contributed by atoms with E-state index in [-0.39, 0.29) is 29.4 Å². The molecule has 2 heterocycles. The zero-order valence-electron chi connectivity index (χ0n) is 14.5. The fraction of sp³-hybridized carbons (Fsp3) is 0.368. The Morgan fingerprint density at radius 1 is 1.31 bits per heavy atom. The van der Waals surface area contributed by atoms with Gasteiger partial charge in [0.15, 0.2) is 0 Å². The van der Waals surface area contributed by atoms with E-state index in [4.69, 9.17) is 0 Å². The van der Waals surface area contributed by atoms with Gasteiger partial charge in [-0.15, -0.1) is 0 Å². The van der Waals surface area contributed by atoms with Crippen LogP contribution in [0.4, 0.5) is 23.7 Å². The Hall–Kier alpha value is -2.57. The third-order valence-electron chi connectivity index (χ3n) is 4.70. The van der Waals surface area contributed by atoms with Gasteiger partial charge in [-0.05, 0) is 50.1 Å². The molecule has 0 spiro atoms. The number of urea groups is 1. The minimum absolute atomic E-state index is 0.0559. The first-order chi connectivity index (χ1) is 12.3. The first kappa shape index (κ1) is 18.2. The molecule has 138 valence electrons. The van der Waals surface area contributed by atoms with Crippen molar-refractivity contribution >= 4 is 11.7 Å². The SMILES string of the molecule is CCC1CC(C)N1C(=O)Nc1ccc(C(F)(F)F)c(-c2ccccn2)c1. The molecule has 4 nitrogen and oxygen atoms in total. The van der Waals surface area contributed by atoms with Crippen LogP contribution in [-0.2, 0) is 6.18 Å². The van der Waals surface area contributed by atoms with Crippen LogP contribution in [0.2, 0.25) is 0 Å². The van der Waals surface area contributed by atoms with Crippen LogP contribution in [0.25, 0.3) is 11.3 Å².